The summed E-state index contributed by atoms with van der Waals surface area (Å²) < 4.78 is 11.2. The molecule has 1 aromatic rings. The molecule has 3 aliphatic heterocycles. The largest absolute Gasteiger partial charge is 0.486 e. The lowest BCUT2D eigenvalue weighted by Gasteiger charge is -2.24. The van der Waals surface area contributed by atoms with Crippen molar-refractivity contribution in [2.75, 3.05) is 32.8 Å². The van der Waals surface area contributed by atoms with E-state index in [4.69, 9.17) is 9.47 Å². The monoisotopic (exact) mass is 274 g/mol. The molecule has 2 atom stereocenters. The van der Waals surface area contributed by atoms with E-state index in [9.17, 15) is 0 Å². The molecule has 4 heteroatoms. The van der Waals surface area contributed by atoms with Crippen LogP contribution in [0.15, 0.2) is 18.2 Å². The summed E-state index contributed by atoms with van der Waals surface area (Å²) in [6, 6.07) is 7.07. The van der Waals surface area contributed by atoms with Gasteiger partial charge in [0, 0.05) is 25.7 Å². The highest BCUT2D eigenvalue weighted by Gasteiger charge is 2.33. The Morgan fingerprint density at radius 2 is 2.05 bits per heavy atom. The van der Waals surface area contributed by atoms with E-state index < -0.39 is 0 Å². The van der Waals surface area contributed by atoms with Gasteiger partial charge in [-0.05, 0) is 43.0 Å². The number of hydrogen-bond acceptors (Lipinski definition) is 4. The van der Waals surface area contributed by atoms with E-state index in [0.717, 1.165) is 24.0 Å². The Bertz CT molecular complexity index is 477. The second kappa shape index (κ2) is 5.26. The third-order valence-electron chi connectivity index (χ3n) is 4.69. The van der Waals surface area contributed by atoms with Crippen molar-refractivity contribution >= 4 is 0 Å². The van der Waals surface area contributed by atoms with E-state index in [-0.39, 0.29) is 0 Å². The average molecular weight is 274 g/mol. The summed E-state index contributed by atoms with van der Waals surface area (Å²) in [5.41, 5.74) is 1.33. The smallest absolute Gasteiger partial charge is 0.161 e. The van der Waals surface area contributed by atoms with Crippen LogP contribution in [0.5, 0.6) is 11.5 Å². The molecule has 0 spiro atoms. The van der Waals surface area contributed by atoms with Gasteiger partial charge in [-0.25, -0.2) is 0 Å². The first kappa shape index (κ1) is 12.5. The second-order valence-corrected chi connectivity index (χ2v) is 6.14. The molecule has 1 N–H and O–H groups in total. The lowest BCUT2D eigenvalue weighted by Crippen LogP contribution is -2.40. The van der Waals surface area contributed by atoms with Gasteiger partial charge in [0.15, 0.2) is 11.5 Å². The van der Waals surface area contributed by atoms with Crippen LogP contribution in [0.3, 0.4) is 0 Å². The summed E-state index contributed by atoms with van der Waals surface area (Å²) in [5.74, 6) is 2.64. The molecule has 0 aromatic heterocycles. The van der Waals surface area contributed by atoms with E-state index in [1.807, 2.05) is 6.07 Å². The van der Waals surface area contributed by atoms with Gasteiger partial charge in [0.25, 0.3) is 0 Å². The zero-order valence-electron chi connectivity index (χ0n) is 11.8. The van der Waals surface area contributed by atoms with Crippen LogP contribution < -0.4 is 14.8 Å². The van der Waals surface area contributed by atoms with Crippen molar-refractivity contribution in [3.8, 4) is 11.5 Å². The van der Waals surface area contributed by atoms with Gasteiger partial charge in [0.05, 0.1) is 0 Å². The Morgan fingerprint density at radius 3 is 2.95 bits per heavy atom. The van der Waals surface area contributed by atoms with Crippen LogP contribution in [0.2, 0.25) is 0 Å². The molecule has 0 amide bonds. The van der Waals surface area contributed by atoms with Gasteiger partial charge in [-0.3, -0.25) is 4.90 Å². The van der Waals surface area contributed by atoms with Crippen molar-refractivity contribution in [2.24, 2.45) is 5.92 Å². The molecule has 4 nitrogen and oxygen atoms in total. The first-order valence-corrected chi connectivity index (χ1v) is 7.73. The molecular formula is C16H22N2O2. The number of nitrogens with one attached hydrogen (secondary N) is 1. The van der Waals surface area contributed by atoms with Gasteiger partial charge in [-0.15, -0.1) is 0 Å². The zero-order valence-corrected chi connectivity index (χ0v) is 11.8. The van der Waals surface area contributed by atoms with Crippen molar-refractivity contribution in [1.29, 1.82) is 0 Å². The number of hydrogen-bond donors (Lipinski definition) is 1. The number of rotatable bonds is 2. The molecule has 108 valence electrons. The summed E-state index contributed by atoms with van der Waals surface area (Å²) in [6.45, 7) is 5.94. The number of piperidine rings is 1. The molecule has 0 radical (unpaired) electrons. The van der Waals surface area contributed by atoms with E-state index in [1.54, 1.807) is 0 Å². The quantitative estimate of drug-likeness (QED) is 0.889. The Labute approximate surface area is 120 Å². The van der Waals surface area contributed by atoms with E-state index in [1.165, 1.54) is 38.0 Å². The number of benzene rings is 1. The highest BCUT2D eigenvalue weighted by atomic mass is 16.6. The maximum Gasteiger partial charge on any atom is 0.161 e. The van der Waals surface area contributed by atoms with E-state index in [0.29, 0.717) is 19.3 Å². The molecule has 4 rings (SSSR count). The Hall–Kier alpha value is -1.26. The molecule has 3 aliphatic rings. The predicted molar refractivity (Wildman–Crippen MR) is 77.2 cm³/mol. The van der Waals surface area contributed by atoms with Crippen molar-refractivity contribution in [2.45, 2.75) is 25.4 Å². The molecule has 0 saturated carbocycles. The fourth-order valence-electron chi connectivity index (χ4n) is 3.71. The summed E-state index contributed by atoms with van der Waals surface area (Å²) in [7, 11) is 0. The van der Waals surface area contributed by atoms with Crippen molar-refractivity contribution in [3.05, 3.63) is 23.8 Å². The number of nitrogens with zero attached hydrogens (tertiary/aromatic N) is 1. The van der Waals surface area contributed by atoms with Crippen molar-refractivity contribution in [1.82, 2.24) is 10.2 Å². The Morgan fingerprint density at radius 1 is 1.15 bits per heavy atom. The van der Waals surface area contributed by atoms with Gasteiger partial charge < -0.3 is 14.8 Å². The van der Waals surface area contributed by atoms with Crippen molar-refractivity contribution < 1.29 is 9.47 Å². The SMILES string of the molecule is c1cc2c(cc1CN1CC3CCCNC3C1)OCCO2. The van der Waals surface area contributed by atoms with Gasteiger partial charge >= 0.3 is 0 Å². The topological polar surface area (TPSA) is 33.7 Å². The van der Waals surface area contributed by atoms with E-state index >= 15 is 0 Å². The van der Waals surface area contributed by atoms with Crippen LogP contribution >= 0.6 is 0 Å². The average Bonchev–Trinajstić information content (AvgIpc) is 2.89. The third kappa shape index (κ3) is 2.38. The molecular weight excluding hydrogens is 252 g/mol. The number of fused-ring (bicyclic) bond motifs is 2. The van der Waals surface area contributed by atoms with Crippen molar-refractivity contribution in [3.63, 3.8) is 0 Å². The molecule has 3 heterocycles. The van der Waals surface area contributed by atoms with E-state index in [2.05, 4.69) is 22.3 Å². The maximum atomic E-state index is 5.67. The van der Waals surface area contributed by atoms with Crippen LogP contribution in [-0.2, 0) is 6.54 Å². The molecule has 2 fully saturated rings. The van der Waals surface area contributed by atoms with Crippen LogP contribution in [0.4, 0.5) is 0 Å². The normalized spacial score (nSPS) is 29.2. The first-order chi connectivity index (χ1) is 9.88. The Balaban J connectivity index is 1.44. The minimum atomic E-state index is 0.660. The second-order valence-electron chi connectivity index (χ2n) is 6.14. The molecule has 2 saturated heterocycles. The van der Waals surface area contributed by atoms with Crippen LogP contribution in [-0.4, -0.2) is 43.8 Å². The lowest BCUT2D eigenvalue weighted by molar-refractivity contribution is 0.171. The predicted octanol–water partition coefficient (Wildman–Crippen LogP) is 1.64. The van der Waals surface area contributed by atoms with Gasteiger partial charge in [-0.2, -0.15) is 0 Å². The van der Waals surface area contributed by atoms with Crippen LogP contribution in [0.25, 0.3) is 0 Å². The Kier molecular flexibility index (Phi) is 3.28. The summed E-state index contributed by atoms with van der Waals surface area (Å²) in [5, 5.41) is 3.66. The van der Waals surface area contributed by atoms with Gasteiger partial charge in [-0.1, -0.05) is 6.07 Å². The zero-order chi connectivity index (χ0) is 13.4. The van der Waals surface area contributed by atoms with Gasteiger partial charge in [0.1, 0.15) is 13.2 Å². The standard InChI is InChI=1S/C16H22N2O2/c1-2-13-10-18(11-14(13)17-5-1)9-12-3-4-15-16(8-12)20-7-6-19-15/h3-4,8,13-14,17H,1-2,5-7,9-11H2. The maximum absolute atomic E-state index is 5.67. The summed E-state index contributed by atoms with van der Waals surface area (Å²) in [6.07, 6.45) is 2.72. The molecule has 20 heavy (non-hydrogen) atoms. The first-order valence-electron chi connectivity index (χ1n) is 7.73. The highest BCUT2D eigenvalue weighted by Crippen LogP contribution is 2.32. The van der Waals surface area contributed by atoms with Gasteiger partial charge in [0.2, 0.25) is 0 Å². The summed E-state index contributed by atoms with van der Waals surface area (Å²) in [4.78, 5) is 2.57. The number of likely N-dealkylation sites (tertiary alicyclic amines) is 1. The lowest BCUT2D eigenvalue weighted by atomic mass is 9.94. The molecule has 0 aliphatic carbocycles. The van der Waals surface area contributed by atoms with Crippen LogP contribution in [0.1, 0.15) is 18.4 Å². The molecule has 2 unspecified atom stereocenters. The molecule has 0 bridgehead atoms. The van der Waals surface area contributed by atoms with Crippen LogP contribution in [0, 0.1) is 5.92 Å². The highest BCUT2D eigenvalue weighted by molar-refractivity contribution is 5.43. The fourth-order valence-corrected chi connectivity index (χ4v) is 3.71. The summed E-state index contributed by atoms with van der Waals surface area (Å²) >= 11 is 0. The minimum absolute atomic E-state index is 0.660. The fraction of sp³-hybridized carbons (Fsp3) is 0.625. The minimum Gasteiger partial charge on any atom is -0.486 e. The number of ether oxygens (including phenoxy) is 2. The third-order valence-corrected chi connectivity index (χ3v) is 4.69. The molecule has 1 aromatic carbocycles.